The van der Waals surface area contributed by atoms with Crippen molar-refractivity contribution < 1.29 is 14.9 Å². The second-order valence-electron chi connectivity index (χ2n) is 7.05. The first-order valence-corrected chi connectivity index (χ1v) is 9.72. The van der Waals surface area contributed by atoms with Crippen LogP contribution in [-0.2, 0) is 4.74 Å². The van der Waals surface area contributed by atoms with Crippen LogP contribution in [-0.4, -0.2) is 29.5 Å². The Morgan fingerprint density at radius 1 is 0.826 bits per heavy atom. The van der Waals surface area contributed by atoms with Gasteiger partial charge in [0.15, 0.2) is 0 Å². The van der Waals surface area contributed by atoms with Gasteiger partial charge in [0.1, 0.15) is 12.7 Å². The van der Waals surface area contributed by atoms with Crippen LogP contribution in [0.2, 0.25) is 0 Å². The SMILES string of the molecule is CC(C)CCCCCCCCCCCC/C=C\OCC(O)CO. The standard InChI is InChI=1S/C20H40O3/c1-19(2)15-13-11-9-7-5-3-4-6-8-10-12-14-16-23-18-20(22)17-21/h14,16,19-22H,3-13,15,17-18H2,1-2H3/b16-14-. The lowest BCUT2D eigenvalue weighted by atomic mass is 10.0. The second-order valence-corrected chi connectivity index (χ2v) is 7.05. The first kappa shape index (κ1) is 22.5. The zero-order valence-electron chi connectivity index (χ0n) is 15.5. The van der Waals surface area contributed by atoms with E-state index < -0.39 is 6.10 Å². The molecule has 3 heteroatoms. The summed E-state index contributed by atoms with van der Waals surface area (Å²) in [5.74, 6) is 0.864. The molecular formula is C20H40O3. The Labute approximate surface area is 144 Å². The van der Waals surface area contributed by atoms with Gasteiger partial charge in [0, 0.05) is 0 Å². The molecule has 23 heavy (non-hydrogen) atoms. The molecule has 2 N–H and O–H groups in total. The molecule has 0 aliphatic heterocycles. The van der Waals surface area contributed by atoms with Gasteiger partial charge >= 0.3 is 0 Å². The molecule has 0 aliphatic rings. The molecule has 0 aromatic rings. The highest BCUT2D eigenvalue weighted by molar-refractivity contribution is 4.73. The smallest absolute Gasteiger partial charge is 0.115 e. The summed E-state index contributed by atoms with van der Waals surface area (Å²) < 4.78 is 5.11. The van der Waals surface area contributed by atoms with Gasteiger partial charge in [-0.1, -0.05) is 78.1 Å². The van der Waals surface area contributed by atoms with Gasteiger partial charge in [0.2, 0.25) is 0 Å². The van der Waals surface area contributed by atoms with E-state index in [-0.39, 0.29) is 13.2 Å². The number of rotatable bonds is 17. The van der Waals surface area contributed by atoms with E-state index in [1.165, 1.54) is 70.6 Å². The van der Waals surface area contributed by atoms with Gasteiger partial charge in [-0.25, -0.2) is 0 Å². The third-order valence-electron chi connectivity index (χ3n) is 4.09. The van der Waals surface area contributed by atoms with Crippen molar-refractivity contribution >= 4 is 0 Å². The number of ether oxygens (including phenoxy) is 1. The number of unbranched alkanes of at least 4 members (excludes halogenated alkanes) is 10. The summed E-state index contributed by atoms with van der Waals surface area (Å²) in [7, 11) is 0. The van der Waals surface area contributed by atoms with Crippen LogP contribution in [0.1, 0.15) is 90.9 Å². The van der Waals surface area contributed by atoms with Gasteiger partial charge in [-0.05, 0) is 24.8 Å². The van der Waals surface area contributed by atoms with E-state index in [9.17, 15) is 0 Å². The molecule has 0 aromatic heterocycles. The van der Waals surface area contributed by atoms with Crippen molar-refractivity contribution in [3.05, 3.63) is 12.3 Å². The minimum atomic E-state index is -0.769. The molecule has 0 spiro atoms. The topological polar surface area (TPSA) is 49.7 Å². The minimum absolute atomic E-state index is 0.171. The van der Waals surface area contributed by atoms with Gasteiger partial charge in [-0.3, -0.25) is 0 Å². The molecule has 1 unspecified atom stereocenters. The number of aliphatic hydroxyl groups is 2. The highest BCUT2D eigenvalue weighted by Gasteiger charge is 1.99. The summed E-state index contributed by atoms with van der Waals surface area (Å²) in [5, 5.41) is 17.7. The van der Waals surface area contributed by atoms with Crippen molar-refractivity contribution in [2.45, 2.75) is 97.0 Å². The van der Waals surface area contributed by atoms with Crippen LogP contribution in [0.4, 0.5) is 0 Å². The van der Waals surface area contributed by atoms with E-state index in [0.717, 1.165) is 12.3 Å². The van der Waals surface area contributed by atoms with Gasteiger partial charge in [-0.2, -0.15) is 0 Å². The predicted octanol–water partition coefficient (Wildman–Crippen LogP) is 5.21. The lowest BCUT2D eigenvalue weighted by Gasteiger charge is -2.05. The van der Waals surface area contributed by atoms with Crippen molar-refractivity contribution in [1.82, 2.24) is 0 Å². The Kier molecular flexibility index (Phi) is 17.4. The molecule has 0 heterocycles. The molecule has 0 fully saturated rings. The molecule has 0 rings (SSSR count). The van der Waals surface area contributed by atoms with Crippen molar-refractivity contribution in [3.8, 4) is 0 Å². The van der Waals surface area contributed by atoms with Crippen molar-refractivity contribution in [2.24, 2.45) is 5.92 Å². The molecule has 138 valence electrons. The average molecular weight is 329 g/mol. The van der Waals surface area contributed by atoms with E-state index in [1.54, 1.807) is 6.26 Å². The summed E-state index contributed by atoms with van der Waals surface area (Å²) in [6, 6.07) is 0. The van der Waals surface area contributed by atoms with Crippen molar-refractivity contribution in [1.29, 1.82) is 0 Å². The molecule has 0 amide bonds. The first-order chi connectivity index (χ1) is 11.2. The fraction of sp³-hybridized carbons (Fsp3) is 0.900. The first-order valence-electron chi connectivity index (χ1n) is 9.72. The number of hydrogen-bond donors (Lipinski definition) is 2. The maximum atomic E-state index is 9.07. The maximum absolute atomic E-state index is 9.07. The third-order valence-corrected chi connectivity index (χ3v) is 4.09. The van der Waals surface area contributed by atoms with Gasteiger partial charge in [-0.15, -0.1) is 0 Å². The summed E-state index contributed by atoms with van der Waals surface area (Å²) in [6.45, 7) is 4.55. The molecular weight excluding hydrogens is 288 g/mol. The monoisotopic (exact) mass is 328 g/mol. The summed E-state index contributed by atoms with van der Waals surface area (Å²) >= 11 is 0. The second kappa shape index (κ2) is 17.8. The number of hydrogen-bond acceptors (Lipinski definition) is 3. The van der Waals surface area contributed by atoms with Crippen LogP contribution in [0.5, 0.6) is 0 Å². The minimum Gasteiger partial charge on any atom is -0.499 e. The van der Waals surface area contributed by atoms with Crippen LogP contribution in [0.15, 0.2) is 12.3 Å². The van der Waals surface area contributed by atoms with Crippen LogP contribution >= 0.6 is 0 Å². The van der Waals surface area contributed by atoms with Gasteiger partial charge in [0.25, 0.3) is 0 Å². The Hall–Kier alpha value is -0.540. The van der Waals surface area contributed by atoms with Crippen LogP contribution in [0, 0.1) is 5.92 Å². The zero-order chi connectivity index (χ0) is 17.2. The van der Waals surface area contributed by atoms with Crippen molar-refractivity contribution in [2.75, 3.05) is 13.2 Å². The molecule has 0 saturated carbocycles. The zero-order valence-corrected chi connectivity index (χ0v) is 15.5. The van der Waals surface area contributed by atoms with E-state index in [0.29, 0.717) is 0 Å². The Balaban J connectivity index is 3.09. The van der Waals surface area contributed by atoms with Crippen molar-refractivity contribution in [3.63, 3.8) is 0 Å². The predicted molar refractivity (Wildman–Crippen MR) is 98.4 cm³/mol. The maximum Gasteiger partial charge on any atom is 0.115 e. The van der Waals surface area contributed by atoms with Gasteiger partial charge < -0.3 is 14.9 Å². The fourth-order valence-corrected chi connectivity index (χ4v) is 2.58. The third kappa shape index (κ3) is 19.4. The highest BCUT2D eigenvalue weighted by Crippen LogP contribution is 2.13. The molecule has 3 nitrogen and oxygen atoms in total. The molecule has 0 bridgehead atoms. The van der Waals surface area contributed by atoms with E-state index in [2.05, 4.69) is 13.8 Å². The Morgan fingerprint density at radius 3 is 1.87 bits per heavy atom. The summed E-state index contributed by atoms with van der Waals surface area (Å²) in [4.78, 5) is 0. The van der Waals surface area contributed by atoms with Crippen LogP contribution < -0.4 is 0 Å². The fourth-order valence-electron chi connectivity index (χ4n) is 2.58. The van der Waals surface area contributed by atoms with Crippen LogP contribution in [0.3, 0.4) is 0 Å². The van der Waals surface area contributed by atoms with Gasteiger partial charge in [0.05, 0.1) is 12.9 Å². The number of allylic oxidation sites excluding steroid dienone is 1. The highest BCUT2D eigenvalue weighted by atomic mass is 16.5. The largest absolute Gasteiger partial charge is 0.499 e. The average Bonchev–Trinajstić information content (AvgIpc) is 2.53. The molecule has 0 aromatic carbocycles. The molecule has 0 aliphatic carbocycles. The normalized spacial score (nSPS) is 13.1. The Bertz CT molecular complexity index is 251. The van der Waals surface area contributed by atoms with E-state index >= 15 is 0 Å². The lowest BCUT2D eigenvalue weighted by molar-refractivity contribution is 0.0383. The molecule has 0 saturated heterocycles. The van der Waals surface area contributed by atoms with E-state index in [1.807, 2.05) is 6.08 Å². The Morgan fingerprint density at radius 2 is 1.35 bits per heavy atom. The lowest BCUT2D eigenvalue weighted by Crippen LogP contribution is -2.17. The van der Waals surface area contributed by atoms with Crippen LogP contribution in [0.25, 0.3) is 0 Å². The molecule has 0 radical (unpaired) electrons. The summed E-state index contributed by atoms with van der Waals surface area (Å²) in [5.41, 5.74) is 0. The number of aliphatic hydroxyl groups excluding tert-OH is 2. The summed E-state index contributed by atoms with van der Waals surface area (Å²) in [6.07, 6.45) is 19.0. The van der Waals surface area contributed by atoms with E-state index in [4.69, 9.17) is 14.9 Å². The molecule has 1 atom stereocenters. The quantitative estimate of drug-likeness (QED) is 0.285.